The molecule has 1 nitrogen and oxygen atoms in total. The normalized spacial score (nSPS) is 10.8. The Morgan fingerprint density at radius 1 is 0.882 bits per heavy atom. The Labute approximate surface area is 104 Å². The van der Waals surface area contributed by atoms with Gasteiger partial charge in [0.1, 0.15) is 0 Å². The van der Waals surface area contributed by atoms with E-state index in [0.29, 0.717) is 6.04 Å². The minimum absolute atomic E-state index is 0.530. The minimum atomic E-state index is 0.530. The molecule has 0 saturated heterocycles. The Kier molecular flexibility index (Phi) is 3.92. The molecule has 0 bridgehead atoms. The fourth-order valence-electron chi connectivity index (χ4n) is 2.12. The van der Waals surface area contributed by atoms with Crippen LogP contribution in [0.2, 0.25) is 0 Å². The minimum Gasteiger partial charge on any atom is -0.200 e. The first-order valence-electron chi connectivity index (χ1n) is 6.30. The molecule has 0 radical (unpaired) electrons. The number of aromatic nitrogens is 1. The van der Waals surface area contributed by atoms with Crippen LogP contribution >= 0.6 is 0 Å². The molecule has 1 aromatic carbocycles. The molecule has 0 aliphatic rings. The van der Waals surface area contributed by atoms with E-state index in [2.05, 4.69) is 73.1 Å². The lowest BCUT2D eigenvalue weighted by Gasteiger charge is -2.06. The zero-order valence-corrected chi connectivity index (χ0v) is 10.6. The number of hydrogen-bond acceptors (Lipinski definition) is 0. The van der Waals surface area contributed by atoms with Crippen molar-refractivity contribution in [2.45, 2.75) is 32.7 Å². The van der Waals surface area contributed by atoms with Crippen molar-refractivity contribution in [3.05, 3.63) is 66.0 Å². The van der Waals surface area contributed by atoms with Crippen LogP contribution in [0, 0.1) is 0 Å². The smallest absolute Gasteiger partial charge is 0.181 e. The third-order valence-electron chi connectivity index (χ3n) is 3.05. The van der Waals surface area contributed by atoms with E-state index in [4.69, 9.17) is 0 Å². The van der Waals surface area contributed by atoms with Crippen LogP contribution in [0.4, 0.5) is 0 Å². The number of benzene rings is 1. The summed E-state index contributed by atoms with van der Waals surface area (Å²) in [6, 6.07) is 17.7. The lowest BCUT2D eigenvalue weighted by molar-refractivity contribution is -0.723. The summed E-state index contributed by atoms with van der Waals surface area (Å²) < 4.78 is 2.35. The van der Waals surface area contributed by atoms with Gasteiger partial charge in [0.2, 0.25) is 0 Å². The molecule has 0 aliphatic heterocycles. The standard InChI is InChI=1S/C16H20N/c1-14(2)17-13-7-6-10-16(17)12-11-15-8-4-3-5-9-15/h3-10,13-14H,11-12H2,1-2H3/q+1. The van der Waals surface area contributed by atoms with Crippen LogP contribution in [0.25, 0.3) is 0 Å². The highest BCUT2D eigenvalue weighted by Gasteiger charge is 2.12. The Bertz CT molecular complexity index is 460. The SMILES string of the molecule is CC(C)[n+]1ccccc1CCc1ccccc1. The zero-order valence-electron chi connectivity index (χ0n) is 10.6. The molecule has 0 aliphatic carbocycles. The summed E-state index contributed by atoms with van der Waals surface area (Å²) in [5, 5.41) is 0. The van der Waals surface area contributed by atoms with E-state index in [1.807, 2.05) is 0 Å². The van der Waals surface area contributed by atoms with E-state index in [9.17, 15) is 0 Å². The molecular formula is C16H20N+. The molecule has 0 saturated carbocycles. The molecule has 17 heavy (non-hydrogen) atoms. The summed E-state index contributed by atoms with van der Waals surface area (Å²) in [7, 11) is 0. The molecule has 0 N–H and O–H groups in total. The third kappa shape index (κ3) is 3.16. The summed E-state index contributed by atoms with van der Waals surface area (Å²) in [6.45, 7) is 4.46. The number of rotatable bonds is 4. The maximum Gasteiger partial charge on any atom is 0.181 e. The first kappa shape index (κ1) is 11.8. The molecule has 0 unspecified atom stereocenters. The maximum atomic E-state index is 2.35. The number of pyridine rings is 1. The van der Waals surface area contributed by atoms with Crippen LogP contribution in [0.1, 0.15) is 31.1 Å². The van der Waals surface area contributed by atoms with E-state index < -0.39 is 0 Å². The van der Waals surface area contributed by atoms with Crippen molar-refractivity contribution >= 4 is 0 Å². The quantitative estimate of drug-likeness (QED) is 0.704. The van der Waals surface area contributed by atoms with Crippen molar-refractivity contribution in [3.63, 3.8) is 0 Å². The van der Waals surface area contributed by atoms with Crippen molar-refractivity contribution in [1.29, 1.82) is 0 Å². The second-order valence-electron chi connectivity index (χ2n) is 4.68. The summed E-state index contributed by atoms with van der Waals surface area (Å²) in [5.41, 5.74) is 2.82. The lowest BCUT2D eigenvalue weighted by Crippen LogP contribution is -2.40. The van der Waals surface area contributed by atoms with Crippen molar-refractivity contribution in [3.8, 4) is 0 Å². The van der Waals surface area contributed by atoms with Crippen molar-refractivity contribution in [2.24, 2.45) is 0 Å². The second-order valence-corrected chi connectivity index (χ2v) is 4.68. The molecule has 88 valence electrons. The van der Waals surface area contributed by atoms with Crippen molar-refractivity contribution in [1.82, 2.24) is 0 Å². The predicted molar refractivity (Wildman–Crippen MR) is 70.9 cm³/mol. The maximum absolute atomic E-state index is 2.35. The van der Waals surface area contributed by atoms with E-state index in [-0.39, 0.29) is 0 Å². The number of nitrogens with zero attached hydrogens (tertiary/aromatic N) is 1. The van der Waals surface area contributed by atoms with Gasteiger partial charge in [-0.05, 0) is 25.8 Å². The highest BCUT2D eigenvalue weighted by Crippen LogP contribution is 2.05. The molecule has 2 aromatic rings. The molecule has 0 amide bonds. The predicted octanol–water partition coefficient (Wildman–Crippen LogP) is 3.34. The van der Waals surface area contributed by atoms with Gasteiger partial charge in [-0.25, -0.2) is 4.57 Å². The Balaban J connectivity index is 2.09. The summed E-state index contributed by atoms with van der Waals surface area (Å²) in [4.78, 5) is 0. The average Bonchev–Trinajstić information content (AvgIpc) is 2.38. The molecular weight excluding hydrogens is 206 g/mol. The fourth-order valence-corrected chi connectivity index (χ4v) is 2.12. The van der Waals surface area contributed by atoms with Gasteiger partial charge >= 0.3 is 0 Å². The summed E-state index contributed by atoms with van der Waals surface area (Å²) in [5.74, 6) is 0. The molecule has 0 atom stereocenters. The van der Waals surface area contributed by atoms with Gasteiger partial charge in [0, 0.05) is 18.6 Å². The van der Waals surface area contributed by atoms with Crippen LogP contribution in [0.3, 0.4) is 0 Å². The van der Waals surface area contributed by atoms with Gasteiger partial charge in [-0.3, -0.25) is 0 Å². The van der Waals surface area contributed by atoms with Crippen LogP contribution in [-0.4, -0.2) is 0 Å². The van der Waals surface area contributed by atoms with E-state index in [0.717, 1.165) is 12.8 Å². The zero-order chi connectivity index (χ0) is 12.1. The van der Waals surface area contributed by atoms with Gasteiger partial charge in [-0.15, -0.1) is 0 Å². The Morgan fingerprint density at radius 3 is 2.29 bits per heavy atom. The van der Waals surface area contributed by atoms with Crippen LogP contribution in [0.15, 0.2) is 54.7 Å². The molecule has 2 rings (SSSR count). The summed E-state index contributed by atoms with van der Waals surface area (Å²) >= 11 is 0. The van der Waals surface area contributed by atoms with Crippen molar-refractivity contribution < 1.29 is 4.57 Å². The van der Waals surface area contributed by atoms with Gasteiger partial charge in [0.05, 0.1) is 0 Å². The number of aryl methyl sites for hydroxylation is 2. The molecule has 1 heteroatoms. The first-order valence-corrected chi connectivity index (χ1v) is 6.30. The van der Waals surface area contributed by atoms with Gasteiger partial charge in [-0.1, -0.05) is 36.4 Å². The molecule has 0 fully saturated rings. The first-order chi connectivity index (χ1) is 8.27. The van der Waals surface area contributed by atoms with Gasteiger partial charge < -0.3 is 0 Å². The topological polar surface area (TPSA) is 3.88 Å². The monoisotopic (exact) mass is 226 g/mol. The van der Waals surface area contributed by atoms with E-state index >= 15 is 0 Å². The molecule has 1 heterocycles. The van der Waals surface area contributed by atoms with E-state index in [1.54, 1.807) is 0 Å². The number of hydrogen-bond donors (Lipinski definition) is 0. The molecule has 0 spiro atoms. The van der Waals surface area contributed by atoms with Gasteiger partial charge in [0.25, 0.3) is 0 Å². The lowest BCUT2D eigenvalue weighted by atomic mass is 10.1. The summed E-state index contributed by atoms with van der Waals surface area (Å²) in [6.07, 6.45) is 4.38. The third-order valence-corrected chi connectivity index (χ3v) is 3.05. The van der Waals surface area contributed by atoms with Crippen LogP contribution < -0.4 is 4.57 Å². The van der Waals surface area contributed by atoms with Gasteiger partial charge in [-0.2, -0.15) is 0 Å². The largest absolute Gasteiger partial charge is 0.200 e. The Hall–Kier alpha value is -1.63. The highest BCUT2D eigenvalue weighted by atomic mass is 15.0. The van der Waals surface area contributed by atoms with E-state index in [1.165, 1.54) is 11.3 Å². The van der Waals surface area contributed by atoms with Crippen molar-refractivity contribution in [2.75, 3.05) is 0 Å². The highest BCUT2D eigenvalue weighted by molar-refractivity contribution is 5.15. The van der Waals surface area contributed by atoms with Crippen LogP contribution in [0.5, 0.6) is 0 Å². The fraction of sp³-hybridized carbons (Fsp3) is 0.312. The average molecular weight is 226 g/mol. The Morgan fingerprint density at radius 2 is 1.59 bits per heavy atom. The van der Waals surface area contributed by atoms with Gasteiger partial charge in [0.15, 0.2) is 17.9 Å². The van der Waals surface area contributed by atoms with Crippen LogP contribution in [-0.2, 0) is 12.8 Å². The molecule has 1 aromatic heterocycles. The second kappa shape index (κ2) is 5.62.